The van der Waals surface area contributed by atoms with Crippen molar-refractivity contribution in [1.82, 2.24) is 29.5 Å². The molecular weight excluding hydrogens is 456 g/mol. The van der Waals surface area contributed by atoms with Gasteiger partial charge in [-0.1, -0.05) is 0 Å². The molecule has 2 atom stereocenters. The number of morpholine rings is 1. The van der Waals surface area contributed by atoms with Gasteiger partial charge in [-0.05, 0) is 64.8 Å². The first-order chi connectivity index (χ1) is 17.5. The number of carbonyl (C=O) groups excluding carboxylic acids is 1. The minimum absolute atomic E-state index is 0.0808. The zero-order valence-electron chi connectivity index (χ0n) is 21.4. The van der Waals surface area contributed by atoms with Crippen molar-refractivity contribution in [2.45, 2.75) is 75.9 Å². The Bertz CT molecular complexity index is 1090. The van der Waals surface area contributed by atoms with Gasteiger partial charge in [-0.15, -0.1) is 0 Å². The number of anilines is 3. The van der Waals surface area contributed by atoms with E-state index in [1.807, 2.05) is 18.0 Å². The molecule has 5 heterocycles. The zero-order chi connectivity index (χ0) is 24.6. The Labute approximate surface area is 212 Å². The van der Waals surface area contributed by atoms with Gasteiger partial charge in [0.25, 0.3) is 0 Å². The minimum Gasteiger partial charge on any atom is -0.370 e. The SMILES string of the molecule is Cc1nn(C2CC3CCC(C2)N3C)cc1Nc1ncc(C2CC2)c(NCCCN2CCOCC2=O)n1. The molecule has 2 bridgehead atoms. The maximum Gasteiger partial charge on any atom is 0.248 e. The fraction of sp³-hybridized carbons (Fsp3) is 0.692. The largest absolute Gasteiger partial charge is 0.370 e. The van der Waals surface area contributed by atoms with E-state index in [0.29, 0.717) is 43.1 Å². The molecule has 1 amide bonds. The lowest BCUT2D eigenvalue weighted by atomic mass is 9.98. The van der Waals surface area contributed by atoms with Gasteiger partial charge in [0.1, 0.15) is 12.4 Å². The second-order valence-electron chi connectivity index (χ2n) is 10.9. The van der Waals surface area contributed by atoms with Gasteiger partial charge in [0.15, 0.2) is 0 Å². The normalized spacial score (nSPS) is 26.4. The zero-order valence-corrected chi connectivity index (χ0v) is 21.4. The van der Waals surface area contributed by atoms with Crippen LogP contribution in [0.1, 0.15) is 68.2 Å². The van der Waals surface area contributed by atoms with E-state index < -0.39 is 0 Å². The molecule has 10 nitrogen and oxygen atoms in total. The van der Waals surface area contributed by atoms with Crippen molar-refractivity contribution in [3.8, 4) is 0 Å². The van der Waals surface area contributed by atoms with Gasteiger partial charge < -0.3 is 25.2 Å². The second-order valence-corrected chi connectivity index (χ2v) is 10.9. The number of rotatable bonds is 9. The number of aryl methyl sites for hydroxylation is 1. The summed E-state index contributed by atoms with van der Waals surface area (Å²) in [5, 5.41) is 11.8. The van der Waals surface area contributed by atoms with Crippen molar-refractivity contribution >= 4 is 23.4 Å². The first kappa shape index (κ1) is 23.7. The molecule has 3 aliphatic heterocycles. The fourth-order valence-electron chi connectivity index (χ4n) is 6.06. The highest BCUT2D eigenvalue weighted by Gasteiger charge is 2.39. The van der Waals surface area contributed by atoms with Gasteiger partial charge in [0.2, 0.25) is 11.9 Å². The van der Waals surface area contributed by atoms with Gasteiger partial charge in [0.05, 0.1) is 24.0 Å². The Hall–Kier alpha value is -2.72. The maximum atomic E-state index is 12.0. The number of hydrogen-bond acceptors (Lipinski definition) is 8. The Balaban J connectivity index is 1.10. The number of carbonyl (C=O) groups is 1. The summed E-state index contributed by atoms with van der Waals surface area (Å²) in [5.74, 6) is 2.13. The third-order valence-corrected chi connectivity index (χ3v) is 8.43. The van der Waals surface area contributed by atoms with E-state index >= 15 is 0 Å². The lowest BCUT2D eigenvalue weighted by molar-refractivity contribution is -0.142. The van der Waals surface area contributed by atoms with Gasteiger partial charge in [-0.3, -0.25) is 9.48 Å². The van der Waals surface area contributed by atoms with Crippen LogP contribution in [-0.4, -0.2) is 87.4 Å². The quantitative estimate of drug-likeness (QED) is 0.513. The number of amides is 1. The van der Waals surface area contributed by atoms with E-state index in [4.69, 9.17) is 14.8 Å². The molecular formula is C26H38N8O2. The van der Waals surface area contributed by atoms with Crippen LogP contribution in [0.5, 0.6) is 0 Å². The summed E-state index contributed by atoms with van der Waals surface area (Å²) in [6.07, 6.45) is 12.3. The lowest BCUT2D eigenvalue weighted by Gasteiger charge is -2.36. The highest BCUT2D eigenvalue weighted by Crippen LogP contribution is 2.43. The van der Waals surface area contributed by atoms with Crippen LogP contribution in [0.4, 0.5) is 17.5 Å². The van der Waals surface area contributed by atoms with E-state index in [2.05, 4.69) is 38.4 Å². The Kier molecular flexibility index (Phi) is 6.55. The molecule has 194 valence electrons. The summed E-state index contributed by atoms with van der Waals surface area (Å²) >= 11 is 0. The van der Waals surface area contributed by atoms with Crippen LogP contribution in [0.2, 0.25) is 0 Å². The average molecular weight is 495 g/mol. The number of aromatic nitrogens is 4. The fourth-order valence-corrected chi connectivity index (χ4v) is 6.06. The van der Waals surface area contributed by atoms with Gasteiger partial charge in [-0.2, -0.15) is 10.1 Å². The number of piperidine rings is 1. The van der Waals surface area contributed by atoms with E-state index in [0.717, 1.165) is 36.7 Å². The lowest BCUT2D eigenvalue weighted by Crippen LogP contribution is -2.42. The molecule has 0 radical (unpaired) electrons. The number of hydrogen-bond donors (Lipinski definition) is 2. The van der Waals surface area contributed by atoms with Crippen molar-refractivity contribution in [1.29, 1.82) is 0 Å². The molecule has 1 aliphatic carbocycles. The monoisotopic (exact) mass is 494 g/mol. The van der Waals surface area contributed by atoms with Crippen LogP contribution in [0.25, 0.3) is 0 Å². The predicted molar refractivity (Wildman–Crippen MR) is 138 cm³/mol. The summed E-state index contributed by atoms with van der Waals surface area (Å²) in [5.41, 5.74) is 3.13. The highest BCUT2D eigenvalue weighted by atomic mass is 16.5. The molecule has 1 saturated carbocycles. The Morgan fingerprint density at radius 1 is 1.14 bits per heavy atom. The number of fused-ring (bicyclic) bond motifs is 2. The summed E-state index contributed by atoms with van der Waals surface area (Å²) in [4.78, 5) is 25.9. The molecule has 3 saturated heterocycles. The third-order valence-electron chi connectivity index (χ3n) is 8.43. The summed E-state index contributed by atoms with van der Waals surface area (Å²) in [6, 6.07) is 1.83. The van der Waals surface area contributed by atoms with Crippen molar-refractivity contribution in [3.63, 3.8) is 0 Å². The highest BCUT2D eigenvalue weighted by molar-refractivity contribution is 5.77. The standard InChI is InChI=1S/C26H38N8O2/c1-17-23(15-34(31-17)21-12-19-6-7-20(13-21)32(19)2)29-26-28-14-22(18-4-5-18)25(30-26)27-8-3-9-33-10-11-36-16-24(33)35/h14-15,18-21H,3-13,16H2,1-2H3,(H2,27,28,29,30). The van der Waals surface area contributed by atoms with Gasteiger partial charge in [-0.25, -0.2) is 4.98 Å². The molecule has 2 aromatic rings. The Morgan fingerprint density at radius 2 is 1.94 bits per heavy atom. The first-order valence-corrected chi connectivity index (χ1v) is 13.6. The second kappa shape index (κ2) is 9.97. The van der Waals surface area contributed by atoms with Gasteiger partial charge >= 0.3 is 0 Å². The molecule has 2 aromatic heterocycles. The van der Waals surface area contributed by atoms with Crippen LogP contribution in [0, 0.1) is 6.92 Å². The molecule has 2 N–H and O–H groups in total. The van der Waals surface area contributed by atoms with Crippen molar-refractivity contribution in [2.24, 2.45) is 0 Å². The summed E-state index contributed by atoms with van der Waals surface area (Å²) in [7, 11) is 2.27. The summed E-state index contributed by atoms with van der Waals surface area (Å²) in [6.45, 7) is 5.06. The minimum atomic E-state index is 0.0808. The molecule has 2 unspecified atom stereocenters. The Morgan fingerprint density at radius 3 is 2.69 bits per heavy atom. The van der Waals surface area contributed by atoms with Gasteiger partial charge in [0, 0.05) is 49.7 Å². The van der Waals surface area contributed by atoms with E-state index in [9.17, 15) is 4.79 Å². The molecule has 0 spiro atoms. The first-order valence-electron chi connectivity index (χ1n) is 13.6. The van der Waals surface area contributed by atoms with E-state index in [1.54, 1.807) is 0 Å². The van der Waals surface area contributed by atoms with E-state index in [1.165, 1.54) is 44.1 Å². The molecule has 10 heteroatoms. The number of nitrogens with one attached hydrogen (secondary N) is 2. The topological polar surface area (TPSA) is 100 Å². The molecule has 6 rings (SSSR count). The van der Waals surface area contributed by atoms with Crippen molar-refractivity contribution in [3.05, 3.63) is 23.7 Å². The van der Waals surface area contributed by atoms with Crippen molar-refractivity contribution in [2.75, 3.05) is 50.5 Å². The smallest absolute Gasteiger partial charge is 0.248 e. The van der Waals surface area contributed by atoms with Crippen LogP contribution in [0.3, 0.4) is 0 Å². The third kappa shape index (κ3) is 4.93. The van der Waals surface area contributed by atoms with Crippen LogP contribution in [-0.2, 0) is 9.53 Å². The predicted octanol–water partition coefficient (Wildman–Crippen LogP) is 3.06. The van der Waals surface area contributed by atoms with Crippen LogP contribution < -0.4 is 10.6 Å². The van der Waals surface area contributed by atoms with E-state index in [-0.39, 0.29) is 12.5 Å². The van der Waals surface area contributed by atoms with Crippen molar-refractivity contribution < 1.29 is 9.53 Å². The van der Waals surface area contributed by atoms with Crippen LogP contribution >= 0.6 is 0 Å². The van der Waals surface area contributed by atoms with Crippen LogP contribution in [0.15, 0.2) is 12.4 Å². The molecule has 4 fully saturated rings. The molecule has 36 heavy (non-hydrogen) atoms. The number of ether oxygens (including phenoxy) is 1. The average Bonchev–Trinajstić information content (AvgIpc) is 3.62. The molecule has 0 aromatic carbocycles. The molecule has 4 aliphatic rings. The maximum absolute atomic E-state index is 12.0. The summed E-state index contributed by atoms with van der Waals surface area (Å²) < 4.78 is 7.39. The number of nitrogens with zero attached hydrogens (tertiary/aromatic N) is 6.